The summed E-state index contributed by atoms with van der Waals surface area (Å²) in [6.45, 7) is 6.08. The minimum absolute atomic E-state index is 0.196. The van der Waals surface area contributed by atoms with Crippen molar-refractivity contribution in [3.8, 4) is 5.75 Å². The van der Waals surface area contributed by atoms with Gasteiger partial charge >= 0.3 is 12.3 Å². The second-order valence-corrected chi connectivity index (χ2v) is 10.4. The molecule has 0 fully saturated rings. The summed E-state index contributed by atoms with van der Waals surface area (Å²) in [6, 6.07) is 10.1. The smallest absolute Gasteiger partial charge is 0.419 e. The Morgan fingerprint density at radius 2 is 1.84 bits per heavy atom. The number of fused-ring (bicyclic) bond motifs is 1. The molecule has 3 aromatic rings. The van der Waals surface area contributed by atoms with Gasteiger partial charge in [-0.15, -0.1) is 10.2 Å². The van der Waals surface area contributed by atoms with Crippen LogP contribution in [0.3, 0.4) is 0 Å². The molecule has 0 unspecified atom stereocenters. The molecule has 0 bridgehead atoms. The van der Waals surface area contributed by atoms with Crippen molar-refractivity contribution in [1.29, 1.82) is 0 Å². The summed E-state index contributed by atoms with van der Waals surface area (Å²) in [7, 11) is 0. The second-order valence-electron chi connectivity index (χ2n) is 9.37. The SMILES string of the molecule is CC(C)(C)OC(=O)N1CCc2cc(C(=O)Nc3nnc(COc4ccccc4C(F)(F)F)s3)ccc2C1. The number of nitrogens with zero attached hydrogens (tertiary/aromatic N) is 3. The highest BCUT2D eigenvalue weighted by molar-refractivity contribution is 7.15. The predicted octanol–water partition coefficient (Wildman–Crippen LogP) is 5.68. The minimum atomic E-state index is -4.54. The van der Waals surface area contributed by atoms with Crippen LogP contribution in [-0.2, 0) is 30.5 Å². The molecule has 1 aliphatic rings. The molecule has 0 saturated carbocycles. The molecule has 0 aliphatic carbocycles. The number of carbonyl (C=O) groups is 2. The zero-order chi connectivity index (χ0) is 26.8. The van der Waals surface area contributed by atoms with Crippen LogP contribution >= 0.6 is 11.3 Å². The molecule has 196 valence electrons. The highest BCUT2D eigenvalue weighted by Gasteiger charge is 2.34. The van der Waals surface area contributed by atoms with Crippen LogP contribution in [0, 0.1) is 0 Å². The summed E-state index contributed by atoms with van der Waals surface area (Å²) >= 11 is 1.01. The van der Waals surface area contributed by atoms with Crippen molar-refractivity contribution in [2.45, 2.75) is 52.1 Å². The molecule has 0 atom stereocenters. The number of ether oxygens (including phenoxy) is 2. The summed E-state index contributed by atoms with van der Waals surface area (Å²) in [5.41, 5.74) is 0.848. The molecule has 0 spiro atoms. The zero-order valence-corrected chi connectivity index (χ0v) is 21.2. The van der Waals surface area contributed by atoms with Crippen molar-refractivity contribution >= 4 is 28.5 Å². The third kappa shape index (κ3) is 6.76. The van der Waals surface area contributed by atoms with Crippen molar-refractivity contribution < 1.29 is 32.2 Å². The standard InChI is InChI=1S/C25H25F3N4O4S/c1-24(2,3)36-23(34)32-11-10-15-12-16(8-9-17(15)13-32)21(33)29-22-31-30-20(37-22)14-35-19-7-5-4-6-18(19)25(26,27)28/h4-9,12H,10-11,13-14H2,1-3H3,(H,29,31,33). The first-order valence-electron chi connectivity index (χ1n) is 11.4. The quantitative estimate of drug-likeness (QED) is 0.453. The Labute approximate surface area is 215 Å². The molecule has 0 radical (unpaired) electrons. The number of amides is 2. The molecule has 2 heterocycles. The number of anilines is 1. The van der Waals surface area contributed by atoms with E-state index in [1.54, 1.807) is 23.1 Å². The molecule has 1 N–H and O–H groups in total. The predicted molar refractivity (Wildman–Crippen MR) is 130 cm³/mol. The van der Waals surface area contributed by atoms with E-state index in [0.717, 1.165) is 28.5 Å². The normalized spacial score (nSPS) is 13.6. The van der Waals surface area contributed by atoms with Gasteiger partial charge in [-0.25, -0.2) is 4.79 Å². The number of aromatic nitrogens is 2. The number of alkyl halides is 3. The number of para-hydroxylation sites is 1. The van der Waals surface area contributed by atoms with Gasteiger partial charge < -0.3 is 14.4 Å². The summed E-state index contributed by atoms with van der Waals surface area (Å²) < 4.78 is 50.1. The van der Waals surface area contributed by atoms with E-state index in [-0.39, 0.29) is 23.6 Å². The molecule has 2 amide bonds. The van der Waals surface area contributed by atoms with Gasteiger partial charge in [-0.3, -0.25) is 10.1 Å². The van der Waals surface area contributed by atoms with E-state index < -0.39 is 23.2 Å². The molecule has 1 aromatic heterocycles. The maximum Gasteiger partial charge on any atom is 0.419 e. The summed E-state index contributed by atoms with van der Waals surface area (Å²) in [4.78, 5) is 26.8. The van der Waals surface area contributed by atoms with Gasteiger partial charge in [0.25, 0.3) is 5.91 Å². The average Bonchev–Trinajstić information content (AvgIpc) is 3.27. The van der Waals surface area contributed by atoms with Crippen LogP contribution < -0.4 is 10.1 Å². The Bertz CT molecular complexity index is 1300. The van der Waals surface area contributed by atoms with E-state index in [1.165, 1.54) is 18.2 Å². The maximum atomic E-state index is 13.1. The monoisotopic (exact) mass is 534 g/mol. The highest BCUT2D eigenvalue weighted by Crippen LogP contribution is 2.36. The number of halogens is 3. The molecule has 12 heteroatoms. The lowest BCUT2D eigenvalue weighted by Gasteiger charge is -2.31. The minimum Gasteiger partial charge on any atom is -0.486 e. The number of hydrogen-bond donors (Lipinski definition) is 1. The van der Waals surface area contributed by atoms with E-state index in [1.807, 2.05) is 20.8 Å². The number of carbonyl (C=O) groups excluding carboxylic acids is 2. The fraction of sp³-hybridized carbons (Fsp3) is 0.360. The first-order valence-corrected chi connectivity index (χ1v) is 12.2. The van der Waals surface area contributed by atoms with Gasteiger partial charge in [0.1, 0.15) is 18.0 Å². The van der Waals surface area contributed by atoms with Crippen LogP contribution in [0.1, 0.15) is 52.8 Å². The molecule has 1 aliphatic heterocycles. The number of hydrogen-bond acceptors (Lipinski definition) is 7. The van der Waals surface area contributed by atoms with Crippen molar-refractivity contribution in [1.82, 2.24) is 15.1 Å². The number of nitrogens with one attached hydrogen (secondary N) is 1. The van der Waals surface area contributed by atoms with Crippen molar-refractivity contribution in [2.24, 2.45) is 0 Å². The van der Waals surface area contributed by atoms with Crippen LogP contribution in [-0.4, -0.2) is 39.2 Å². The van der Waals surface area contributed by atoms with Gasteiger partial charge in [-0.1, -0.05) is 29.5 Å². The van der Waals surface area contributed by atoms with Gasteiger partial charge in [-0.2, -0.15) is 13.2 Å². The Hall–Kier alpha value is -3.67. The fourth-order valence-electron chi connectivity index (χ4n) is 3.67. The highest BCUT2D eigenvalue weighted by atomic mass is 32.1. The van der Waals surface area contributed by atoms with E-state index in [9.17, 15) is 22.8 Å². The Kier molecular flexibility index (Phi) is 7.39. The third-order valence-electron chi connectivity index (χ3n) is 5.36. The topological polar surface area (TPSA) is 93.7 Å². The molecular formula is C25H25F3N4O4S. The maximum absolute atomic E-state index is 13.1. The Morgan fingerprint density at radius 3 is 2.57 bits per heavy atom. The third-order valence-corrected chi connectivity index (χ3v) is 6.18. The van der Waals surface area contributed by atoms with Crippen molar-refractivity contribution in [3.63, 3.8) is 0 Å². The summed E-state index contributed by atoms with van der Waals surface area (Å²) in [5.74, 6) is -0.710. The Balaban J connectivity index is 1.36. The molecule has 37 heavy (non-hydrogen) atoms. The lowest BCUT2D eigenvalue weighted by atomic mass is 9.97. The van der Waals surface area contributed by atoms with Gasteiger partial charge in [0.2, 0.25) is 5.13 Å². The van der Waals surface area contributed by atoms with Crippen molar-refractivity contribution in [2.75, 3.05) is 11.9 Å². The largest absolute Gasteiger partial charge is 0.486 e. The van der Waals surface area contributed by atoms with Gasteiger partial charge in [0.05, 0.1) is 5.56 Å². The summed E-state index contributed by atoms with van der Waals surface area (Å²) in [5, 5.41) is 10.9. The van der Waals surface area contributed by atoms with Gasteiger partial charge in [0.15, 0.2) is 5.01 Å². The molecule has 2 aromatic carbocycles. The number of benzene rings is 2. The first kappa shape index (κ1) is 26.4. The lowest BCUT2D eigenvalue weighted by Crippen LogP contribution is -2.39. The van der Waals surface area contributed by atoms with Crippen LogP contribution in [0.25, 0.3) is 0 Å². The van der Waals surface area contributed by atoms with Gasteiger partial charge in [-0.05, 0) is 62.6 Å². The zero-order valence-electron chi connectivity index (χ0n) is 20.4. The van der Waals surface area contributed by atoms with Crippen LogP contribution in [0.2, 0.25) is 0 Å². The van der Waals surface area contributed by atoms with Gasteiger partial charge in [0, 0.05) is 18.7 Å². The molecule has 4 rings (SSSR count). The number of rotatable bonds is 5. The van der Waals surface area contributed by atoms with E-state index in [2.05, 4.69) is 15.5 Å². The Morgan fingerprint density at radius 1 is 1.08 bits per heavy atom. The first-order chi connectivity index (χ1) is 17.4. The van der Waals surface area contributed by atoms with Crippen LogP contribution in [0.15, 0.2) is 42.5 Å². The van der Waals surface area contributed by atoms with Crippen LogP contribution in [0.5, 0.6) is 5.75 Å². The molecular weight excluding hydrogens is 509 g/mol. The second kappa shape index (κ2) is 10.4. The lowest BCUT2D eigenvalue weighted by molar-refractivity contribution is -0.139. The fourth-order valence-corrected chi connectivity index (χ4v) is 4.32. The average molecular weight is 535 g/mol. The molecule has 0 saturated heterocycles. The van der Waals surface area contributed by atoms with E-state index in [0.29, 0.717) is 30.1 Å². The van der Waals surface area contributed by atoms with E-state index >= 15 is 0 Å². The van der Waals surface area contributed by atoms with E-state index in [4.69, 9.17) is 9.47 Å². The summed E-state index contributed by atoms with van der Waals surface area (Å²) in [6.07, 6.45) is -4.34. The van der Waals surface area contributed by atoms with Crippen molar-refractivity contribution in [3.05, 3.63) is 69.7 Å². The van der Waals surface area contributed by atoms with Crippen LogP contribution in [0.4, 0.5) is 23.1 Å². The molecule has 8 nitrogen and oxygen atoms in total.